The maximum atomic E-state index is 13.4. The summed E-state index contributed by atoms with van der Waals surface area (Å²) in [4.78, 5) is 14.8. The van der Waals surface area contributed by atoms with E-state index in [1.54, 1.807) is 24.8 Å². The normalized spacial score (nSPS) is 10.3. The van der Waals surface area contributed by atoms with Crippen LogP contribution in [0.25, 0.3) is 0 Å². The van der Waals surface area contributed by atoms with Crippen molar-refractivity contribution in [2.24, 2.45) is 0 Å². The van der Waals surface area contributed by atoms with Crippen LogP contribution >= 0.6 is 0 Å². The third kappa shape index (κ3) is 2.65. The van der Waals surface area contributed by atoms with Gasteiger partial charge in [0, 0.05) is 25.5 Å². The summed E-state index contributed by atoms with van der Waals surface area (Å²) in [5.74, 6) is -2.02. The van der Waals surface area contributed by atoms with Crippen molar-refractivity contribution < 1.29 is 14.3 Å². The third-order valence-corrected chi connectivity index (χ3v) is 2.47. The van der Waals surface area contributed by atoms with Gasteiger partial charge in [0.15, 0.2) is 0 Å². The van der Waals surface area contributed by atoms with Gasteiger partial charge in [0.2, 0.25) is 0 Å². The van der Waals surface area contributed by atoms with E-state index in [0.29, 0.717) is 13.1 Å². The van der Waals surface area contributed by atoms with Crippen LogP contribution in [0.2, 0.25) is 0 Å². The van der Waals surface area contributed by atoms with Crippen LogP contribution in [0, 0.1) is 5.82 Å². The van der Waals surface area contributed by atoms with Crippen LogP contribution in [0.3, 0.4) is 0 Å². The largest absolute Gasteiger partial charge is 0.478 e. The molecule has 5 nitrogen and oxygen atoms in total. The van der Waals surface area contributed by atoms with E-state index in [2.05, 4.69) is 10.3 Å². The molecule has 0 amide bonds. The number of benzene rings is 1. The molecule has 1 heterocycles. The van der Waals surface area contributed by atoms with Gasteiger partial charge in [-0.25, -0.2) is 14.2 Å². The third-order valence-electron chi connectivity index (χ3n) is 2.47. The number of aromatic nitrogens is 2. The molecule has 0 atom stereocenters. The Bertz CT molecular complexity index is 540. The summed E-state index contributed by atoms with van der Waals surface area (Å²) in [6, 6.07) is 4.15. The lowest BCUT2D eigenvalue weighted by Crippen LogP contribution is -2.13. The van der Waals surface area contributed by atoms with Gasteiger partial charge in [-0.2, -0.15) is 0 Å². The summed E-state index contributed by atoms with van der Waals surface area (Å²) in [5, 5.41) is 11.8. The standard InChI is InChI=1S/C12H12FN3O2/c13-9-2-1-3-10(11(9)12(17)18)15-5-7-16-6-4-14-8-16/h1-4,6,8,15H,5,7H2,(H,17,18). The molecule has 0 saturated carbocycles. The molecule has 2 rings (SSSR count). The van der Waals surface area contributed by atoms with E-state index >= 15 is 0 Å². The monoisotopic (exact) mass is 249 g/mol. The summed E-state index contributed by atoms with van der Waals surface area (Å²) in [7, 11) is 0. The predicted octanol–water partition coefficient (Wildman–Crippen LogP) is 1.83. The first-order chi connectivity index (χ1) is 8.68. The molecule has 0 saturated heterocycles. The van der Waals surface area contributed by atoms with Gasteiger partial charge in [-0.05, 0) is 12.1 Å². The molecule has 0 radical (unpaired) electrons. The fraction of sp³-hybridized carbons (Fsp3) is 0.167. The lowest BCUT2D eigenvalue weighted by atomic mass is 10.1. The summed E-state index contributed by atoms with van der Waals surface area (Å²) in [6.07, 6.45) is 5.11. The van der Waals surface area contributed by atoms with Crippen molar-refractivity contribution in [1.29, 1.82) is 0 Å². The Morgan fingerprint density at radius 3 is 3.00 bits per heavy atom. The SMILES string of the molecule is O=C(O)c1c(F)cccc1NCCn1ccnc1. The molecule has 1 aromatic carbocycles. The van der Waals surface area contributed by atoms with Crippen LogP contribution in [0.4, 0.5) is 10.1 Å². The number of rotatable bonds is 5. The number of nitrogens with one attached hydrogen (secondary N) is 1. The Hall–Kier alpha value is -2.37. The molecule has 6 heteroatoms. The first kappa shape index (κ1) is 12.1. The summed E-state index contributed by atoms with van der Waals surface area (Å²) in [5.41, 5.74) is -0.0502. The van der Waals surface area contributed by atoms with Gasteiger partial charge in [0.25, 0.3) is 0 Å². The minimum absolute atomic E-state index is 0.280. The molecule has 0 unspecified atom stereocenters. The number of halogens is 1. The maximum absolute atomic E-state index is 13.4. The highest BCUT2D eigenvalue weighted by molar-refractivity contribution is 5.94. The van der Waals surface area contributed by atoms with E-state index in [1.807, 2.05) is 4.57 Å². The van der Waals surface area contributed by atoms with Gasteiger partial charge in [-0.15, -0.1) is 0 Å². The molecule has 0 aliphatic carbocycles. The van der Waals surface area contributed by atoms with Gasteiger partial charge >= 0.3 is 5.97 Å². The van der Waals surface area contributed by atoms with Crippen LogP contribution in [0.1, 0.15) is 10.4 Å². The molecule has 0 spiro atoms. The average Bonchev–Trinajstić information content (AvgIpc) is 2.81. The van der Waals surface area contributed by atoms with E-state index in [-0.39, 0.29) is 11.3 Å². The Balaban J connectivity index is 2.05. The van der Waals surface area contributed by atoms with Crippen molar-refractivity contribution in [3.63, 3.8) is 0 Å². The van der Waals surface area contributed by atoms with Crippen molar-refractivity contribution in [2.75, 3.05) is 11.9 Å². The second-order valence-corrected chi connectivity index (χ2v) is 3.69. The molecule has 0 bridgehead atoms. The highest BCUT2D eigenvalue weighted by atomic mass is 19.1. The molecule has 0 aliphatic rings. The van der Waals surface area contributed by atoms with E-state index in [9.17, 15) is 9.18 Å². The quantitative estimate of drug-likeness (QED) is 0.848. The van der Waals surface area contributed by atoms with Crippen molar-refractivity contribution in [2.45, 2.75) is 6.54 Å². The van der Waals surface area contributed by atoms with Crippen molar-refractivity contribution in [3.8, 4) is 0 Å². The zero-order valence-corrected chi connectivity index (χ0v) is 9.51. The Labute approximate surface area is 103 Å². The van der Waals surface area contributed by atoms with Gasteiger partial charge in [0.05, 0.1) is 12.0 Å². The van der Waals surface area contributed by atoms with E-state index in [4.69, 9.17) is 5.11 Å². The van der Waals surface area contributed by atoms with Crippen molar-refractivity contribution in [3.05, 3.63) is 48.3 Å². The zero-order valence-electron chi connectivity index (χ0n) is 9.51. The Kier molecular flexibility index (Phi) is 3.57. The van der Waals surface area contributed by atoms with E-state index in [1.165, 1.54) is 6.07 Å². The van der Waals surface area contributed by atoms with Crippen LogP contribution < -0.4 is 5.32 Å². The number of carbonyl (C=O) groups is 1. The minimum Gasteiger partial charge on any atom is -0.478 e. The molecule has 0 aliphatic heterocycles. The zero-order chi connectivity index (χ0) is 13.0. The smallest absolute Gasteiger partial charge is 0.340 e. The molecule has 18 heavy (non-hydrogen) atoms. The number of hydrogen-bond donors (Lipinski definition) is 2. The van der Waals surface area contributed by atoms with Crippen LogP contribution in [0.15, 0.2) is 36.9 Å². The first-order valence-corrected chi connectivity index (χ1v) is 5.40. The molecule has 2 aromatic rings. The number of aromatic carboxylic acids is 1. The molecule has 2 N–H and O–H groups in total. The van der Waals surface area contributed by atoms with Crippen LogP contribution in [-0.2, 0) is 6.54 Å². The minimum atomic E-state index is -1.28. The molecule has 94 valence electrons. The fourth-order valence-corrected chi connectivity index (χ4v) is 1.63. The number of hydrogen-bond acceptors (Lipinski definition) is 3. The van der Waals surface area contributed by atoms with Gasteiger partial charge in [-0.3, -0.25) is 0 Å². The highest BCUT2D eigenvalue weighted by Gasteiger charge is 2.14. The lowest BCUT2D eigenvalue weighted by molar-refractivity contribution is 0.0693. The van der Waals surface area contributed by atoms with Crippen molar-refractivity contribution >= 4 is 11.7 Å². The molecule has 1 aromatic heterocycles. The maximum Gasteiger partial charge on any atom is 0.340 e. The number of imidazole rings is 1. The van der Waals surface area contributed by atoms with E-state index in [0.717, 1.165) is 6.07 Å². The number of carboxylic acid groups (broad SMARTS) is 1. The predicted molar refractivity (Wildman–Crippen MR) is 64.1 cm³/mol. The lowest BCUT2D eigenvalue weighted by Gasteiger charge is -2.10. The van der Waals surface area contributed by atoms with Gasteiger partial charge in [-0.1, -0.05) is 6.07 Å². The first-order valence-electron chi connectivity index (χ1n) is 5.40. The molecular weight excluding hydrogens is 237 g/mol. The number of nitrogens with zero attached hydrogens (tertiary/aromatic N) is 2. The summed E-state index contributed by atoms with van der Waals surface area (Å²) >= 11 is 0. The molecular formula is C12H12FN3O2. The van der Waals surface area contributed by atoms with E-state index < -0.39 is 11.8 Å². The summed E-state index contributed by atoms with van der Waals surface area (Å²) in [6.45, 7) is 1.11. The number of carboxylic acids is 1. The summed E-state index contributed by atoms with van der Waals surface area (Å²) < 4.78 is 15.2. The van der Waals surface area contributed by atoms with Crippen LogP contribution in [0.5, 0.6) is 0 Å². The highest BCUT2D eigenvalue weighted by Crippen LogP contribution is 2.18. The second kappa shape index (κ2) is 5.31. The second-order valence-electron chi connectivity index (χ2n) is 3.69. The topological polar surface area (TPSA) is 67.2 Å². The average molecular weight is 249 g/mol. The van der Waals surface area contributed by atoms with Gasteiger partial charge < -0.3 is 15.0 Å². The Morgan fingerprint density at radius 2 is 2.33 bits per heavy atom. The Morgan fingerprint density at radius 1 is 1.50 bits per heavy atom. The fourth-order valence-electron chi connectivity index (χ4n) is 1.63. The molecule has 0 fully saturated rings. The number of anilines is 1. The van der Waals surface area contributed by atoms with Crippen LogP contribution in [-0.4, -0.2) is 27.2 Å². The van der Waals surface area contributed by atoms with Gasteiger partial charge in [0.1, 0.15) is 11.4 Å². The van der Waals surface area contributed by atoms with Crippen molar-refractivity contribution in [1.82, 2.24) is 9.55 Å².